The molecular formula is C20H24N2O4. The Kier molecular flexibility index (Phi) is 5.35. The van der Waals surface area contributed by atoms with Crippen molar-refractivity contribution in [1.29, 1.82) is 0 Å². The summed E-state index contributed by atoms with van der Waals surface area (Å²) in [5, 5.41) is 2.72. The van der Waals surface area contributed by atoms with Crippen molar-refractivity contribution in [3.63, 3.8) is 0 Å². The molecule has 1 aromatic rings. The van der Waals surface area contributed by atoms with Gasteiger partial charge in [-0.3, -0.25) is 14.9 Å². The van der Waals surface area contributed by atoms with E-state index in [0.717, 1.165) is 0 Å². The molecule has 1 atom stereocenters. The van der Waals surface area contributed by atoms with E-state index < -0.39 is 17.2 Å². The van der Waals surface area contributed by atoms with E-state index in [9.17, 15) is 14.4 Å². The van der Waals surface area contributed by atoms with Gasteiger partial charge in [-0.2, -0.15) is 0 Å². The highest BCUT2D eigenvalue weighted by atomic mass is 16.6. The van der Waals surface area contributed by atoms with Crippen LogP contribution < -0.4 is 10.2 Å². The van der Waals surface area contributed by atoms with Crippen molar-refractivity contribution in [2.45, 2.75) is 38.8 Å². The summed E-state index contributed by atoms with van der Waals surface area (Å²) < 4.78 is 5.34. The van der Waals surface area contributed by atoms with E-state index in [0.29, 0.717) is 11.3 Å². The topological polar surface area (TPSA) is 75.7 Å². The molecule has 0 unspecified atom stereocenters. The Morgan fingerprint density at radius 2 is 1.85 bits per heavy atom. The highest BCUT2D eigenvalue weighted by Gasteiger charge is 2.49. The zero-order valence-corrected chi connectivity index (χ0v) is 15.7. The van der Waals surface area contributed by atoms with E-state index in [1.165, 1.54) is 24.0 Å². The van der Waals surface area contributed by atoms with Crippen molar-refractivity contribution < 1.29 is 19.1 Å². The van der Waals surface area contributed by atoms with Crippen LogP contribution in [0, 0.1) is 0 Å². The normalized spacial score (nSPS) is 19.9. The molecule has 0 bridgehead atoms. The lowest BCUT2D eigenvalue weighted by Gasteiger charge is -2.28. The van der Waals surface area contributed by atoms with Crippen LogP contribution >= 0.6 is 0 Å². The van der Waals surface area contributed by atoms with E-state index >= 15 is 0 Å². The molecule has 1 aliphatic rings. The van der Waals surface area contributed by atoms with Gasteiger partial charge in [0.1, 0.15) is 5.60 Å². The Labute approximate surface area is 153 Å². The molecule has 6 nitrogen and oxygen atoms in total. The van der Waals surface area contributed by atoms with E-state index in [4.69, 9.17) is 4.74 Å². The third kappa shape index (κ3) is 4.02. The molecule has 0 saturated carbocycles. The summed E-state index contributed by atoms with van der Waals surface area (Å²) in [6.45, 7) is 6.69. The van der Waals surface area contributed by atoms with Gasteiger partial charge in [0.25, 0.3) is 5.91 Å². The van der Waals surface area contributed by atoms with Crippen molar-refractivity contribution >= 4 is 23.5 Å². The molecule has 26 heavy (non-hydrogen) atoms. The third-order valence-electron chi connectivity index (χ3n) is 3.82. The predicted molar refractivity (Wildman–Crippen MR) is 99.9 cm³/mol. The number of ether oxygens (including phenoxy) is 1. The van der Waals surface area contributed by atoms with Crippen LogP contribution in [0.4, 0.5) is 10.5 Å². The molecular weight excluding hydrogens is 332 g/mol. The molecule has 0 fully saturated rings. The first-order chi connectivity index (χ1) is 12.1. The van der Waals surface area contributed by atoms with Crippen LogP contribution in [0.3, 0.4) is 0 Å². The molecule has 1 heterocycles. The van der Waals surface area contributed by atoms with Gasteiger partial charge in [0.2, 0.25) is 0 Å². The number of ketones is 1. The molecule has 1 aliphatic heterocycles. The molecule has 0 saturated heterocycles. The molecule has 0 spiro atoms. The number of hydrogen-bond acceptors (Lipinski definition) is 4. The summed E-state index contributed by atoms with van der Waals surface area (Å²) in [5.41, 5.74) is -0.745. The van der Waals surface area contributed by atoms with Gasteiger partial charge in [0, 0.05) is 18.3 Å². The highest BCUT2D eigenvalue weighted by Crippen LogP contribution is 2.40. The van der Waals surface area contributed by atoms with Gasteiger partial charge in [0.15, 0.2) is 11.3 Å². The first-order valence-electron chi connectivity index (χ1n) is 8.32. The molecule has 138 valence electrons. The zero-order valence-electron chi connectivity index (χ0n) is 15.7. The van der Waals surface area contributed by atoms with Crippen LogP contribution in [-0.4, -0.2) is 30.4 Å². The largest absolute Gasteiger partial charge is 0.444 e. The minimum atomic E-state index is -1.39. The summed E-state index contributed by atoms with van der Waals surface area (Å²) >= 11 is 0. The first kappa shape index (κ1) is 19.4. The van der Waals surface area contributed by atoms with Crippen molar-refractivity contribution in [3.05, 3.63) is 54.1 Å². The molecule has 1 N–H and O–H groups in total. The Morgan fingerprint density at radius 3 is 2.46 bits per heavy atom. The second-order valence-electron chi connectivity index (χ2n) is 7.15. The van der Waals surface area contributed by atoms with Crippen LogP contribution in [0.5, 0.6) is 0 Å². The van der Waals surface area contributed by atoms with Gasteiger partial charge in [-0.15, -0.1) is 0 Å². The fraction of sp³-hybridized carbons (Fsp3) is 0.350. The highest BCUT2D eigenvalue weighted by molar-refractivity contribution is 6.10. The predicted octanol–water partition coefficient (Wildman–Crippen LogP) is 3.08. The van der Waals surface area contributed by atoms with Crippen molar-refractivity contribution in [1.82, 2.24) is 5.32 Å². The molecule has 0 aliphatic carbocycles. The number of nitrogens with zero attached hydrogens (tertiary/aromatic N) is 1. The fourth-order valence-electron chi connectivity index (χ4n) is 2.77. The number of amides is 2. The summed E-state index contributed by atoms with van der Waals surface area (Å²) in [5.74, 6) is -0.420. The van der Waals surface area contributed by atoms with E-state index in [1.807, 2.05) is 12.1 Å². The fourth-order valence-corrected chi connectivity index (χ4v) is 2.77. The van der Waals surface area contributed by atoms with Gasteiger partial charge in [-0.25, -0.2) is 4.79 Å². The number of carbonyl (C=O) groups excluding carboxylic acids is 3. The number of nitrogens with one attached hydrogen (secondary N) is 1. The maximum Gasteiger partial charge on any atom is 0.409 e. The van der Waals surface area contributed by atoms with Gasteiger partial charge in [-0.1, -0.05) is 30.4 Å². The summed E-state index contributed by atoms with van der Waals surface area (Å²) in [4.78, 5) is 38.0. The molecule has 6 heteroatoms. The third-order valence-corrected chi connectivity index (χ3v) is 3.82. The van der Waals surface area contributed by atoms with Gasteiger partial charge >= 0.3 is 6.09 Å². The maximum atomic E-state index is 13.0. The number of rotatable bonds is 4. The molecule has 0 aromatic heterocycles. The lowest BCUT2D eigenvalue weighted by molar-refractivity contribution is -0.122. The standard InChI is InChI=1S/C20H24N2O4/c1-14(23)10-8-9-13-20(21-18(25)26-19(2,3)4)15-11-6-7-12-16(15)22(5)17(20)24/h6-13H,1-5H3,(H,21,25)/b10-8+,13-9+/t20-/m1/s1. The second-order valence-corrected chi connectivity index (χ2v) is 7.15. The molecule has 0 radical (unpaired) electrons. The average Bonchev–Trinajstić information content (AvgIpc) is 2.73. The lowest BCUT2D eigenvalue weighted by atomic mass is 9.90. The van der Waals surface area contributed by atoms with Crippen LogP contribution in [0.15, 0.2) is 48.6 Å². The van der Waals surface area contributed by atoms with E-state index in [1.54, 1.807) is 52.1 Å². The number of benzene rings is 1. The smallest absolute Gasteiger partial charge is 0.409 e. The Bertz CT molecular complexity index is 789. The minimum Gasteiger partial charge on any atom is -0.444 e. The minimum absolute atomic E-state index is 0.112. The van der Waals surface area contributed by atoms with Crippen molar-refractivity contribution in [2.75, 3.05) is 11.9 Å². The van der Waals surface area contributed by atoms with Crippen LogP contribution in [-0.2, 0) is 19.9 Å². The van der Waals surface area contributed by atoms with Crippen LogP contribution in [0.1, 0.15) is 33.3 Å². The van der Waals surface area contributed by atoms with Gasteiger partial charge in [0.05, 0.1) is 0 Å². The van der Waals surface area contributed by atoms with Gasteiger partial charge < -0.3 is 9.64 Å². The Hall–Kier alpha value is -2.89. The van der Waals surface area contributed by atoms with Crippen LogP contribution in [0.25, 0.3) is 0 Å². The number of alkyl carbamates (subject to hydrolysis) is 1. The zero-order chi connectivity index (χ0) is 19.5. The quantitative estimate of drug-likeness (QED) is 0.664. The van der Waals surface area contributed by atoms with Crippen molar-refractivity contribution in [2.24, 2.45) is 0 Å². The van der Waals surface area contributed by atoms with E-state index in [2.05, 4.69) is 5.32 Å². The molecule has 2 rings (SSSR count). The van der Waals surface area contributed by atoms with Crippen molar-refractivity contribution in [3.8, 4) is 0 Å². The second kappa shape index (κ2) is 7.15. The number of likely N-dealkylation sites (N-methyl/N-ethyl adjacent to an activating group) is 1. The summed E-state index contributed by atoms with van der Waals surface area (Å²) in [6, 6.07) is 7.22. The Morgan fingerprint density at radius 1 is 1.19 bits per heavy atom. The number of anilines is 1. The molecule has 2 amide bonds. The van der Waals surface area contributed by atoms with Gasteiger partial charge in [-0.05, 0) is 45.9 Å². The summed E-state index contributed by atoms with van der Waals surface area (Å²) in [6.07, 6.45) is 5.37. The lowest BCUT2D eigenvalue weighted by Crippen LogP contribution is -2.52. The average molecular weight is 356 g/mol. The SMILES string of the molecule is CC(=O)/C=C/C=C/[C@]1(NC(=O)OC(C)(C)C)C(=O)N(C)c2ccccc21. The number of hydrogen-bond donors (Lipinski definition) is 1. The number of carbonyl (C=O) groups is 3. The molecule has 1 aromatic carbocycles. The first-order valence-corrected chi connectivity index (χ1v) is 8.32. The monoisotopic (exact) mass is 356 g/mol. The van der Waals surface area contributed by atoms with E-state index in [-0.39, 0.29) is 11.7 Å². The maximum absolute atomic E-state index is 13.0. The Balaban J connectivity index is 2.48. The summed E-state index contributed by atoms with van der Waals surface area (Å²) in [7, 11) is 1.65. The number of fused-ring (bicyclic) bond motifs is 1. The van der Waals surface area contributed by atoms with Crippen LogP contribution in [0.2, 0.25) is 0 Å². The number of para-hydroxylation sites is 1. The number of allylic oxidation sites excluding steroid dienone is 3.